The van der Waals surface area contributed by atoms with Crippen LogP contribution in [0.3, 0.4) is 0 Å². The highest BCUT2D eigenvalue weighted by Crippen LogP contribution is 2.35. The number of imide groups is 1. The molecule has 1 aliphatic rings. The van der Waals surface area contributed by atoms with E-state index >= 15 is 0 Å². The highest BCUT2D eigenvalue weighted by Gasteiger charge is 2.37. The summed E-state index contributed by atoms with van der Waals surface area (Å²) in [5.41, 5.74) is 0.854. The highest BCUT2D eigenvalue weighted by molar-refractivity contribution is 9.10. The number of rotatable bonds is 3. The van der Waals surface area contributed by atoms with Crippen molar-refractivity contribution in [3.8, 4) is 0 Å². The number of sulfone groups is 1. The minimum atomic E-state index is -3.44. The van der Waals surface area contributed by atoms with Crippen molar-refractivity contribution >= 4 is 43.3 Å². The van der Waals surface area contributed by atoms with Gasteiger partial charge in [-0.2, -0.15) is 0 Å². The fraction of sp³-hybridized carbons (Fsp3) is 0.125. The molecule has 0 spiro atoms. The van der Waals surface area contributed by atoms with Crippen LogP contribution in [0.15, 0.2) is 51.8 Å². The van der Waals surface area contributed by atoms with Gasteiger partial charge in [0.25, 0.3) is 11.8 Å². The zero-order chi connectivity index (χ0) is 16.8. The van der Waals surface area contributed by atoms with Gasteiger partial charge in [0, 0.05) is 4.47 Å². The summed E-state index contributed by atoms with van der Waals surface area (Å²) in [4.78, 5) is 26.1. The molecule has 0 unspecified atom stereocenters. The molecule has 0 saturated carbocycles. The number of hydrogen-bond donors (Lipinski definition) is 0. The molecule has 0 atom stereocenters. The lowest BCUT2D eigenvalue weighted by molar-refractivity contribution is 0.0926. The molecular formula is C16H12BrNO4S. The molecule has 0 aromatic heterocycles. The average Bonchev–Trinajstić information content (AvgIpc) is 2.80. The first-order chi connectivity index (χ1) is 10.9. The van der Waals surface area contributed by atoms with Crippen molar-refractivity contribution in [3.63, 3.8) is 0 Å². The van der Waals surface area contributed by atoms with Crippen LogP contribution in [0.5, 0.6) is 0 Å². The predicted molar refractivity (Wildman–Crippen MR) is 89.5 cm³/mol. The molecule has 23 heavy (non-hydrogen) atoms. The molecule has 2 aromatic rings. The molecule has 0 fully saturated rings. The number of halogens is 1. The van der Waals surface area contributed by atoms with E-state index in [0.717, 1.165) is 4.90 Å². The molecule has 7 heteroatoms. The standard InChI is InChI=1S/C16H12BrNO4S/c1-2-23(21,22)10-7-8-13(17)14(9-10)18-15(19)11-5-3-4-6-12(11)16(18)20/h3-9H,2H2,1H3. The van der Waals surface area contributed by atoms with Crippen LogP contribution in [0.1, 0.15) is 27.6 Å². The van der Waals surface area contributed by atoms with E-state index in [9.17, 15) is 18.0 Å². The maximum absolute atomic E-state index is 12.5. The Balaban J connectivity index is 2.16. The lowest BCUT2D eigenvalue weighted by atomic mass is 10.1. The van der Waals surface area contributed by atoms with E-state index in [-0.39, 0.29) is 16.3 Å². The van der Waals surface area contributed by atoms with Crippen molar-refractivity contribution in [2.24, 2.45) is 0 Å². The maximum Gasteiger partial charge on any atom is 0.266 e. The van der Waals surface area contributed by atoms with E-state index in [2.05, 4.69) is 15.9 Å². The summed E-state index contributed by atoms with van der Waals surface area (Å²) in [7, 11) is -3.44. The van der Waals surface area contributed by atoms with Gasteiger partial charge >= 0.3 is 0 Å². The molecule has 0 radical (unpaired) electrons. The van der Waals surface area contributed by atoms with Gasteiger partial charge in [-0.1, -0.05) is 19.1 Å². The number of anilines is 1. The third-order valence-electron chi connectivity index (χ3n) is 3.69. The van der Waals surface area contributed by atoms with Crippen LogP contribution in [-0.4, -0.2) is 26.0 Å². The minimum absolute atomic E-state index is 0.0593. The van der Waals surface area contributed by atoms with Crippen LogP contribution >= 0.6 is 15.9 Å². The van der Waals surface area contributed by atoms with Crippen molar-refractivity contribution < 1.29 is 18.0 Å². The first kappa shape index (κ1) is 15.9. The van der Waals surface area contributed by atoms with Crippen molar-refractivity contribution in [1.82, 2.24) is 0 Å². The third-order valence-corrected chi connectivity index (χ3v) is 6.09. The molecular weight excluding hydrogens is 382 g/mol. The summed E-state index contributed by atoms with van der Waals surface area (Å²) in [6, 6.07) is 10.9. The lowest BCUT2D eigenvalue weighted by Crippen LogP contribution is -2.29. The Morgan fingerprint density at radius 2 is 1.57 bits per heavy atom. The summed E-state index contributed by atoms with van der Waals surface area (Å²) in [5, 5.41) is 0. The van der Waals surface area contributed by atoms with E-state index in [1.807, 2.05) is 0 Å². The van der Waals surface area contributed by atoms with Gasteiger partial charge in [0.15, 0.2) is 9.84 Å². The van der Waals surface area contributed by atoms with E-state index in [1.165, 1.54) is 18.2 Å². The molecule has 2 aromatic carbocycles. The maximum atomic E-state index is 12.5. The minimum Gasteiger partial charge on any atom is -0.268 e. The van der Waals surface area contributed by atoms with Gasteiger partial charge in [0.05, 0.1) is 27.5 Å². The van der Waals surface area contributed by atoms with E-state index in [1.54, 1.807) is 31.2 Å². The molecule has 1 aliphatic heterocycles. The van der Waals surface area contributed by atoms with Crippen LogP contribution in [0, 0.1) is 0 Å². The number of amides is 2. The summed E-state index contributed by atoms with van der Waals surface area (Å²) in [5.74, 6) is -0.981. The molecule has 0 bridgehead atoms. The number of nitrogens with zero attached hydrogens (tertiary/aromatic N) is 1. The molecule has 118 valence electrons. The Morgan fingerprint density at radius 3 is 2.09 bits per heavy atom. The topological polar surface area (TPSA) is 71.5 Å². The first-order valence-corrected chi connectivity index (χ1v) is 9.31. The number of carbonyl (C=O) groups excluding carboxylic acids is 2. The second kappa shape index (κ2) is 5.58. The SMILES string of the molecule is CCS(=O)(=O)c1ccc(Br)c(N2C(=O)c3ccccc3C2=O)c1. The smallest absolute Gasteiger partial charge is 0.266 e. The second-order valence-electron chi connectivity index (χ2n) is 5.01. The predicted octanol–water partition coefficient (Wildman–Crippen LogP) is 3.04. The number of hydrogen-bond acceptors (Lipinski definition) is 4. The number of fused-ring (bicyclic) bond motifs is 1. The van der Waals surface area contributed by atoms with Crippen molar-refractivity contribution in [2.45, 2.75) is 11.8 Å². The van der Waals surface area contributed by atoms with Gasteiger partial charge in [-0.15, -0.1) is 0 Å². The Labute approximate surface area is 142 Å². The molecule has 0 saturated heterocycles. The van der Waals surface area contributed by atoms with Gasteiger partial charge in [0.1, 0.15) is 0 Å². The zero-order valence-electron chi connectivity index (χ0n) is 12.1. The molecule has 1 heterocycles. The van der Waals surface area contributed by atoms with Gasteiger partial charge in [0.2, 0.25) is 0 Å². The Hall–Kier alpha value is -1.99. The number of carbonyl (C=O) groups is 2. The summed E-state index contributed by atoms with van der Waals surface area (Å²) < 4.78 is 24.6. The lowest BCUT2D eigenvalue weighted by Gasteiger charge is -2.17. The Kier molecular flexibility index (Phi) is 3.85. The Morgan fingerprint density at radius 1 is 1.00 bits per heavy atom. The second-order valence-corrected chi connectivity index (χ2v) is 8.14. The fourth-order valence-electron chi connectivity index (χ4n) is 2.43. The highest BCUT2D eigenvalue weighted by atomic mass is 79.9. The van der Waals surface area contributed by atoms with Gasteiger partial charge in [-0.05, 0) is 46.3 Å². The normalized spacial score (nSPS) is 14.3. The molecule has 2 amide bonds. The van der Waals surface area contributed by atoms with Crippen LogP contribution in [0.2, 0.25) is 0 Å². The van der Waals surface area contributed by atoms with Crippen LogP contribution in [-0.2, 0) is 9.84 Å². The van der Waals surface area contributed by atoms with E-state index in [4.69, 9.17) is 0 Å². The van der Waals surface area contributed by atoms with Gasteiger partial charge < -0.3 is 0 Å². The first-order valence-electron chi connectivity index (χ1n) is 6.87. The number of benzene rings is 2. The monoisotopic (exact) mass is 393 g/mol. The van der Waals surface area contributed by atoms with E-state index in [0.29, 0.717) is 15.6 Å². The van der Waals surface area contributed by atoms with Crippen molar-refractivity contribution in [1.29, 1.82) is 0 Å². The summed E-state index contributed by atoms with van der Waals surface area (Å²) in [6.07, 6.45) is 0. The zero-order valence-corrected chi connectivity index (χ0v) is 14.5. The Bertz CT molecular complexity index is 902. The third kappa shape index (κ3) is 2.49. The average molecular weight is 394 g/mol. The van der Waals surface area contributed by atoms with Crippen molar-refractivity contribution in [3.05, 3.63) is 58.1 Å². The quantitative estimate of drug-likeness (QED) is 0.751. The summed E-state index contributed by atoms with van der Waals surface area (Å²) in [6.45, 7) is 1.54. The van der Waals surface area contributed by atoms with Crippen LogP contribution in [0.4, 0.5) is 5.69 Å². The van der Waals surface area contributed by atoms with Crippen LogP contribution in [0.25, 0.3) is 0 Å². The van der Waals surface area contributed by atoms with Crippen LogP contribution < -0.4 is 4.90 Å². The largest absolute Gasteiger partial charge is 0.268 e. The fourth-order valence-corrected chi connectivity index (χ4v) is 3.76. The molecule has 3 rings (SSSR count). The molecule has 0 aliphatic carbocycles. The molecule has 0 N–H and O–H groups in total. The van der Waals surface area contributed by atoms with Crippen molar-refractivity contribution in [2.75, 3.05) is 10.7 Å². The van der Waals surface area contributed by atoms with E-state index < -0.39 is 21.7 Å². The van der Waals surface area contributed by atoms with Gasteiger partial charge in [-0.3, -0.25) is 9.59 Å². The summed E-state index contributed by atoms with van der Waals surface area (Å²) >= 11 is 3.29. The van der Waals surface area contributed by atoms with Gasteiger partial charge in [-0.25, -0.2) is 13.3 Å². The molecule has 5 nitrogen and oxygen atoms in total.